The summed E-state index contributed by atoms with van der Waals surface area (Å²) in [6, 6.07) is 8.83. The number of nitrogens with one attached hydrogen (secondary N) is 1. The van der Waals surface area contributed by atoms with Crippen molar-refractivity contribution in [3.8, 4) is 0 Å². The quantitative estimate of drug-likeness (QED) is 0.866. The van der Waals surface area contributed by atoms with Gasteiger partial charge in [0, 0.05) is 17.1 Å². The molecule has 0 aliphatic heterocycles. The fourth-order valence-electron chi connectivity index (χ4n) is 2.56. The lowest BCUT2D eigenvalue weighted by atomic mass is 10.1. The van der Waals surface area contributed by atoms with Crippen LogP contribution in [0.5, 0.6) is 0 Å². The summed E-state index contributed by atoms with van der Waals surface area (Å²) in [6.45, 7) is 4.90. The Kier molecular flexibility index (Phi) is 3.92. The maximum absolute atomic E-state index is 4.55. The van der Waals surface area contributed by atoms with Crippen LogP contribution in [0.15, 0.2) is 34.2 Å². The number of hydrogen-bond acceptors (Lipinski definition) is 4. The Morgan fingerprint density at radius 3 is 2.85 bits per heavy atom. The van der Waals surface area contributed by atoms with E-state index in [2.05, 4.69) is 40.4 Å². The maximum Gasteiger partial charge on any atom is 0.223 e. The van der Waals surface area contributed by atoms with Gasteiger partial charge < -0.3 is 5.32 Å². The Bertz CT molecular complexity index is 625. The third-order valence-corrected chi connectivity index (χ3v) is 4.37. The molecule has 0 saturated carbocycles. The highest BCUT2D eigenvalue weighted by Crippen LogP contribution is 2.31. The molecule has 4 heteroatoms. The highest BCUT2D eigenvalue weighted by molar-refractivity contribution is 7.99. The number of anilines is 1. The molecule has 0 fully saturated rings. The zero-order valence-corrected chi connectivity index (χ0v) is 12.8. The van der Waals surface area contributed by atoms with Gasteiger partial charge in [0.05, 0.1) is 0 Å². The number of aryl methyl sites for hydroxylation is 3. The number of nitrogens with zero attached hydrogens (tertiary/aromatic N) is 2. The average molecular weight is 285 g/mol. The van der Waals surface area contributed by atoms with Crippen molar-refractivity contribution >= 4 is 17.7 Å². The molecule has 1 aliphatic carbocycles. The van der Waals surface area contributed by atoms with E-state index in [9.17, 15) is 0 Å². The molecule has 0 bridgehead atoms. The van der Waals surface area contributed by atoms with Gasteiger partial charge in [0.2, 0.25) is 5.95 Å². The number of rotatable bonds is 4. The highest BCUT2D eigenvalue weighted by atomic mass is 32.2. The summed E-state index contributed by atoms with van der Waals surface area (Å²) in [5.41, 5.74) is 4.02. The molecular formula is C16H19N3S. The lowest BCUT2D eigenvalue weighted by Gasteiger charge is -2.07. The SMILES string of the molecule is CCNc1nc(C)cc(Sc2ccc3c(c2)CCC3)n1. The van der Waals surface area contributed by atoms with Crippen LogP contribution in [0.2, 0.25) is 0 Å². The van der Waals surface area contributed by atoms with Gasteiger partial charge in [0.25, 0.3) is 0 Å². The van der Waals surface area contributed by atoms with Crippen molar-refractivity contribution in [2.45, 2.75) is 43.0 Å². The molecule has 0 unspecified atom stereocenters. The molecule has 1 aromatic heterocycles. The monoisotopic (exact) mass is 285 g/mol. The molecule has 1 heterocycles. The summed E-state index contributed by atoms with van der Waals surface area (Å²) in [5, 5.41) is 4.19. The predicted molar refractivity (Wildman–Crippen MR) is 83.5 cm³/mol. The first kappa shape index (κ1) is 13.4. The number of hydrogen-bond donors (Lipinski definition) is 1. The molecule has 1 aromatic carbocycles. The fraction of sp³-hybridized carbons (Fsp3) is 0.375. The molecule has 3 nitrogen and oxygen atoms in total. The molecule has 0 saturated heterocycles. The largest absolute Gasteiger partial charge is 0.354 e. The van der Waals surface area contributed by atoms with Crippen LogP contribution in [0.3, 0.4) is 0 Å². The number of aromatic nitrogens is 2. The molecular weight excluding hydrogens is 266 g/mol. The normalized spacial score (nSPS) is 13.3. The van der Waals surface area contributed by atoms with Crippen molar-refractivity contribution in [1.29, 1.82) is 0 Å². The van der Waals surface area contributed by atoms with E-state index in [0.29, 0.717) is 0 Å². The van der Waals surface area contributed by atoms with Gasteiger partial charge in [-0.3, -0.25) is 0 Å². The third kappa shape index (κ3) is 2.96. The van der Waals surface area contributed by atoms with Gasteiger partial charge in [-0.1, -0.05) is 17.8 Å². The van der Waals surface area contributed by atoms with Crippen LogP contribution >= 0.6 is 11.8 Å². The Morgan fingerprint density at radius 1 is 1.15 bits per heavy atom. The minimum atomic E-state index is 0.719. The number of benzene rings is 1. The van der Waals surface area contributed by atoms with Crippen LogP contribution < -0.4 is 5.32 Å². The zero-order valence-electron chi connectivity index (χ0n) is 11.9. The van der Waals surface area contributed by atoms with E-state index in [1.54, 1.807) is 11.8 Å². The van der Waals surface area contributed by atoms with Crippen LogP contribution in [-0.4, -0.2) is 16.5 Å². The second-order valence-corrected chi connectivity index (χ2v) is 6.18. The van der Waals surface area contributed by atoms with Crippen LogP contribution in [0.1, 0.15) is 30.2 Å². The maximum atomic E-state index is 4.55. The molecule has 2 aromatic rings. The second-order valence-electron chi connectivity index (χ2n) is 5.09. The smallest absolute Gasteiger partial charge is 0.223 e. The van der Waals surface area contributed by atoms with Gasteiger partial charge >= 0.3 is 0 Å². The standard InChI is InChI=1S/C16H19N3S/c1-3-17-16-18-11(2)9-15(19-16)20-14-8-7-12-5-4-6-13(12)10-14/h7-10H,3-6H2,1-2H3,(H,17,18,19). The Hall–Kier alpha value is -1.55. The topological polar surface area (TPSA) is 37.8 Å². The van der Waals surface area contributed by atoms with Crippen molar-refractivity contribution in [3.63, 3.8) is 0 Å². The lowest BCUT2D eigenvalue weighted by molar-refractivity contribution is 0.911. The van der Waals surface area contributed by atoms with Crippen molar-refractivity contribution in [3.05, 3.63) is 41.1 Å². The predicted octanol–water partition coefficient (Wildman–Crippen LogP) is 3.86. The van der Waals surface area contributed by atoms with E-state index in [4.69, 9.17) is 0 Å². The number of fused-ring (bicyclic) bond motifs is 1. The first-order valence-corrected chi connectivity index (χ1v) is 7.95. The highest BCUT2D eigenvalue weighted by Gasteiger charge is 2.12. The minimum Gasteiger partial charge on any atom is -0.354 e. The zero-order chi connectivity index (χ0) is 13.9. The molecule has 20 heavy (non-hydrogen) atoms. The van der Waals surface area contributed by atoms with Crippen LogP contribution in [-0.2, 0) is 12.8 Å². The summed E-state index contributed by atoms with van der Waals surface area (Å²) < 4.78 is 0. The first-order chi connectivity index (χ1) is 9.74. The van der Waals surface area contributed by atoms with Gasteiger partial charge in [-0.25, -0.2) is 9.97 Å². The Labute approximate surface area is 124 Å². The van der Waals surface area contributed by atoms with E-state index >= 15 is 0 Å². The van der Waals surface area contributed by atoms with Gasteiger partial charge in [-0.05, 0) is 62.4 Å². The van der Waals surface area contributed by atoms with Crippen molar-refractivity contribution in [2.75, 3.05) is 11.9 Å². The Balaban J connectivity index is 1.83. The van der Waals surface area contributed by atoms with E-state index in [-0.39, 0.29) is 0 Å². The van der Waals surface area contributed by atoms with Gasteiger partial charge in [-0.15, -0.1) is 0 Å². The van der Waals surface area contributed by atoms with E-state index in [0.717, 1.165) is 23.2 Å². The molecule has 1 N–H and O–H groups in total. The molecule has 104 valence electrons. The first-order valence-electron chi connectivity index (χ1n) is 7.14. The van der Waals surface area contributed by atoms with Crippen molar-refractivity contribution < 1.29 is 0 Å². The van der Waals surface area contributed by atoms with Crippen molar-refractivity contribution in [1.82, 2.24) is 9.97 Å². The summed E-state index contributed by atoms with van der Waals surface area (Å²) in [5.74, 6) is 0.719. The minimum absolute atomic E-state index is 0.719. The van der Waals surface area contributed by atoms with Crippen LogP contribution in [0.4, 0.5) is 5.95 Å². The molecule has 3 rings (SSSR count). The average Bonchev–Trinajstić information content (AvgIpc) is 2.85. The van der Waals surface area contributed by atoms with E-state index < -0.39 is 0 Å². The summed E-state index contributed by atoms with van der Waals surface area (Å²) in [6.07, 6.45) is 3.74. The van der Waals surface area contributed by atoms with Gasteiger partial charge in [0.1, 0.15) is 5.03 Å². The lowest BCUT2D eigenvalue weighted by Crippen LogP contribution is -2.03. The van der Waals surface area contributed by atoms with E-state index in [1.165, 1.54) is 35.3 Å². The Morgan fingerprint density at radius 2 is 2.00 bits per heavy atom. The van der Waals surface area contributed by atoms with E-state index in [1.807, 2.05) is 13.0 Å². The molecule has 0 amide bonds. The molecule has 0 atom stereocenters. The van der Waals surface area contributed by atoms with Crippen molar-refractivity contribution in [2.24, 2.45) is 0 Å². The summed E-state index contributed by atoms with van der Waals surface area (Å²) in [4.78, 5) is 10.2. The fourth-order valence-corrected chi connectivity index (χ4v) is 3.50. The molecule has 0 spiro atoms. The third-order valence-electron chi connectivity index (χ3n) is 3.46. The van der Waals surface area contributed by atoms with Gasteiger partial charge in [0.15, 0.2) is 0 Å². The summed E-state index contributed by atoms with van der Waals surface area (Å²) >= 11 is 1.72. The summed E-state index contributed by atoms with van der Waals surface area (Å²) in [7, 11) is 0. The van der Waals surface area contributed by atoms with Gasteiger partial charge in [-0.2, -0.15) is 0 Å². The second kappa shape index (κ2) is 5.83. The van der Waals surface area contributed by atoms with Crippen LogP contribution in [0.25, 0.3) is 0 Å². The molecule has 1 aliphatic rings. The molecule has 0 radical (unpaired) electrons. The van der Waals surface area contributed by atoms with Crippen LogP contribution in [0, 0.1) is 6.92 Å².